The first-order chi connectivity index (χ1) is 13.6. The van der Waals surface area contributed by atoms with Gasteiger partial charge in [-0.25, -0.2) is 4.99 Å². The lowest BCUT2D eigenvalue weighted by molar-refractivity contribution is -0.114. The van der Waals surface area contributed by atoms with Gasteiger partial charge in [-0.1, -0.05) is 42.3 Å². The van der Waals surface area contributed by atoms with Gasteiger partial charge >= 0.3 is 0 Å². The molecule has 1 amide bonds. The lowest BCUT2D eigenvalue weighted by Crippen LogP contribution is -2.41. The average molecular weight is 374 g/mol. The van der Waals surface area contributed by atoms with E-state index >= 15 is 0 Å². The molecule has 0 saturated heterocycles. The van der Waals surface area contributed by atoms with Crippen LogP contribution in [0, 0.1) is 12.3 Å². The smallest absolute Gasteiger partial charge is 0.246 e. The van der Waals surface area contributed by atoms with Crippen LogP contribution in [0.5, 0.6) is 0 Å². The van der Waals surface area contributed by atoms with Crippen molar-refractivity contribution >= 4 is 17.6 Å². The molecule has 0 unspecified atom stereocenters. The highest BCUT2D eigenvalue weighted by atomic mass is 16.1. The number of hydrogen-bond donors (Lipinski definition) is 3. The van der Waals surface area contributed by atoms with Crippen molar-refractivity contribution in [2.75, 3.05) is 25.0 Å². The van der Waals surface area contributed by atoms with E-state index in [4.69, 9.17) is 6.42 Å². The number of carbonyl (C=O) groups is 1. The Morgan fingerprint density at radius 3 is 2.61 bits per heavy atom. The van der Waals surface area contributed by atoms with E-state index in [1.807, 2.05) is 31.2 Å². The second-order valence-electron chi connectivity index (χ2n) is 6.97. The van der Waals surface area contributed by atoms with Gasteiger partial charge in [0.2, 0.25) is 5.91 Å². The molecular weight excluding hydrogens is 348 g/mol. The fourth-order valence-electron chi connectivity index (χ4n) is 3.14. The number of nitrogens with one attached hydrogen (secondary N) is 3. The molecule has 0 bridgehead atoms. The normalized spacial score (nSPS) is 14.6. The van der Waals surface area contributed by atoms with Crippen molar-refractivity contribution in [2.45, 2.75) is 25.2 Å². The molecule has 0 spiro atoms. The van der Waals surface area contributed by atoms with Gasteiger partial charge in [0, 0.05) is 29.8 Å². The van der Waals surface area contributed by atoms with Crippen LogP contribution in [0.1, 0.15) is 30.9 Å². The standard InChI is InChI=1S/C23H26N4O/c1-3-18-9-8-12-20(15-18)27-21(28)16-25-22(24-4-2)26-17-23(13-14-23)19-10-6-5-7-11-19/h1,5-12,15H,4,13-14,16-17H2,2H3,(H,27,28)(H2,24,25,26). The van der Waals surface area contributed by atoms with Crippen LogP contribution in [0.4, 0.5) is 5.69 Å². The number of hydrogen-bond acceptors (Lipinski definition) is 2. The Kier molecular flexibility index (Phi) is 6.33. The van der Waals surface area contributed by atoms with Crippen molar-refractivity contribution < 1.29 is 4.79 Å². The Morgan fingerprint density at radius 1 is 1.14 bits per heavy atom. The number of carbonyl (C=O) groups excluding carboxylic acids is 1. The third kappa shape index (κ3) is 5.14. The van der Waals surface area contributed by atoms with E-state index in [0.717, 1.165) is 31.5 Å². The second kappa shape index (κ2) is 9.09. The van der Waals surface area contributed by atoms with Crippen LogP contribution < -0.4 is 16.0 Å². The Hall–Kier alpha value is -3.26. The number of rotatable bonds is 7. The Labute approximate surface area is 166 Å². The summed E-state index contributed by atoms with van der Waals surface area (Å²) in [6.07, 6.45) is 7.72. The van der Waals surface area contributed by atoms with E-state index in [1.165, 1.54) is 5.56 Å². The number of guanidine groups is 1. The highest BCUT2D eigenvalue weighted by Gasteiger charge is 2.43. The van der Waals surface area contributed by atoms with Gasteiger partial charge in [-0.15, -0.1) is 6.42 Å². The molecular formula is C23H26N4O. The molecule has 5 nitrogen and oxygen atoms in total. The first kappa shape index (κ1) is 19.5. The highest BCUT2D eigenvalue weighted by Crippen LogP contribution is 2.47. The van der Waals surface area contributed by atoms with Crippen molar-refractivity contribution in [3.05, 3.63) is 65.7 Å². The fraction of sp³-hybridized carbons (Fsp3) is 0.304. The summed E-state index contributed by atoms with van der Waals surface area (Å²) < 4.78 is 0. The fourth-order valence-corrected chi connectivity index (χ4v) is 3.14. The van der Waals surface area contributed by atoms with Crippen LogP contribution in [0.15, 0.2) is 59.6 Å². The number of benzene rings is 2. The molecule has 0 radical (unpaired) electrons. The van der Waals surface area contributed by atoms with Crippen LogP contribution in [-0.2, 0) is 10.2 Å². The van der Waals surface area contributed by atoms with Crippen molar-refractivity contribution in [1.82, 2.24) is 10.6 Å². The summed E-state index contributed by atoms with van der Waals surface area (Å²) in [6.45, 7) is 3.57. The van der Waals surface area contributed by atoms with Crippen molar-refractivity contribution in [2.24, 2.45) is 4.99 Å². The van der Waals surface area contributed by atoms with Crippen LogP contribution in [0.2, 0.25) is 0 Å². The summed E-state index contributed by atoms with van der Waals surface area (Å²) in [6, 6.07) is 17.8. The molecule has 28 heavy (non-hydrogen) atoms. The molecule has 3 rings (SSSR count). The van der Waals surface area contributed by atoms with Gasteiger partial charge in [0.05, 0.1) is 0 Å². The average Bonchev–Trinajstić information content (AvgIpc) is 3.52. The van der Waals surface area contributed by atoms with E-state index < -0.39 is 0 Å². The highest BCUT2D eigenvalue weighted by molar-refractivity contribution is 5.94. The molecule has 0 aromatic heterocycles. The molecule has 1 fully saturated rings. The first-order valence-corrected chi connectivity index (χ1v) is 9.59. The zero-order valence-electron chi connectivity index (χ0n) is 16.2. The van der Waals surface area contributed by atoms with Crippen molar-refractivity contribution in [1.29, 1.82) is 0 Å². The van der Waals surface area contributed by atoms with Crippen molar-refractivity contribution in [3.63, 3.8) is 0 Å². The number of anilines is 1. The van der Waals surface area contributed by atoms with Gasteiger partial charge in [0.15, 0.2) is 5.96 Å². The van der Waals surface area contributed by atoms with Crippen LogP contribution in [-0.4, -0.2) is 31.5 Å². The SMILES string of the molecule is C#Cc1cccc(NC(=O)CN=C(NCC)NCC2(c3ccccc3)CC2)c1. The first-order valence-electron chi connectivity index (χ1n) is 9.59. The molecule has 1 aliphatic rings. The molecule has 2 aromatic rings. The Morgan fingerprint density at radius 2 is 1.93 bits per heavy atom. The van der Waals surface area contributed by atoms with Gasteiger partial charge < -0.3 is 16.0 Å². The molecule has 0 atom stereocenters. The minimum atomic E-state index is -0.185. The van der Waals surface area contributed by atoms with Gasteiger partial charge in [-0.2, -0.15) is 0 Å². The zero-order chi connectivity index (χ0) is 19.8. The van der Waals surface area contributed by atoms with Gasteiger partial charge in [-0.05, 0) is 43.5 Å². The molecule has 1 aliphatic carbocycles. The number of amides is 1. The lowest BCUT2D eigenvalue weighted by atomic mass is 9.96. The molecule has 5 heteroatoms. The van der Waals surface area contributed by atoms with E-state index in [1.54, 1.807) is 6.07 Å². The molecule has 144 valence electrons. The predicted molar refractivity (Wildman–Crippen MR) is 114 cm³/mol. The number of terminal acetylenes is 1. The molecule has 0 heterocycles. The minimum absolute atomic E-state index is 0.0357. The summed E-state index contributed by atoms with van der Waals surface area (Å²) in [5, 5.41) is 9.42. The van der Waals surface area contributed by atoms with Crippen molar-refractivity contribution in [3.8, 4) is 12.3 Å². The Balaban J connectivity index is 1.56. The summed E-state index contributed by atoms with van der Waals surface area (Å²) in [5.41, 5.74) is 2.93. The number of aliphatic imine (C=N–C) groups is 1. The van der Waals surface area contributed by atoms with E-state index in [9.17, 15) is 4.79 Å². The van der Waals surface area contributed by atoms with Crippen LogP contribution in [0.3, 0.4) is 0 Å². The maximum Gasteiger partial charge on any atom is 0.246 e. The zero-order valence-corrected chi connectivity index (χ0v) is 16.2. The second-order valence-corrected chi connectivity index (χ2v) is 6.97. The molecule has 2 aromatic carbocycles. The van der Waals surface area contributed by atoms with Crippen LogP contribution >= 0.6 is 0 Å². The molecule has 0 aliphatic heterocycles. The summed E-state index contributed by atoms with van der Waals surface area (Å²) in [7, 11) is 0. The number of nitrogens with zero attached hydrogens (tertiary/aromatic N) is 1. The van der Waals surface area contributed by atoms with E-state index in [0.29, 0.717) is 11.6 Å². The van der Waals surface area contributed by atoms with Gasteiger partial charge in [-0.3, -0.25) is 4.79 Å². The van der Waals surface area contributed by atoms with Gasteiger partial charge in [0.1, 0.15) is 6.54 Å². The predicted octanol–water partition coefficient (Wildman–Crippen LogP) is 2.89. The molecule has 1 saturated carbocycles. The van der Waals surface area contributed by atoms with E-state index in [-0.39, 0.29) is 17.9 Å². The maximum atomic E-state index is 12.2. The van der Waals surface area contributed by atoms with E-state index in [2.05, 4.69) is 51.1 Å². The molecule has 3 N–H and O–H groups in total. The monoisotopic (exact) mass is 374 g/mol. The largest absolute Gasteiger partial charge is 0.357 e. The summed E-state index contributed by atoms with van der Waals surface area (Å²) in [5.74, 6) is 3.02. The summed E-state index contributed by atoms with van der Waals surface area (Å²) in [4.78, 5) is 16.6. The third-order valence-electron chi connectivity index (χ3n) is 4.87. The topological polar surface area (TPSA) is 65.5 Å². The third-order valence-corrected chi connectivity index (χ3v) is 4.87. The summed E-state index contributed by atoms with van der Waals surface area (Å²) >= 11 is 0. The van der Waals surface area contributed by atoms with Gasteiger partial charge in [0.25, 0.3) is 0 Å². The minimum Gasteiger partial charge on any atom is -0.357 e. The Bertz CT molecular complexity index is 879. The lowest BCUT2D eigenvalue weighted by Gasteiger charge is -2.19. The van der Waals surface area contributed by atoms with Crippen LogP contribution in [0.25, 0.3) is 0 Å². The quantitative estimate of drug-likeness (QED) is 0.397. The maximum absolute atomic E-state index is 12.2.